The van der Waals surface area contributed by atoms with Crippen LogP contribution in [0.2, 0.25) is 0 Å². The Balaban J connectivity index is 2.19. The van der Waals surface area contributed by atoms with Crippen LogP contribution in [0.3, 0.4) is 0 Å². The van der Waals surface area contributed by atoms with Crippen LogP contribution in [0.1, 0.15) is 21.8 Å². The number of anilines is 1. The largest absolute Gasteiger partial charge is 0.438 e. The van der Waals surface area contributed by atoms with E-state index in [0.717, 1.165) is 0 Å². The van der Waals surface area contributed by atoms with Gasteiger partial charge in [-0.1, -0.05) is 6.07 Å². The monoisotopic (exact) mass is 227 g/mol. The molecule has 84 valence electrons. The fourth-order valence-electron chi connectivity index (χ4n) is 1.37. The zero-order valence-corrected chi connectivity index (χ0v) is 9.10. The van der Waals surface area contributed by atoms with Crippen molar-refractivity contribution < 1.29 is 9.21 Å². The summed E-state index contributed by atoms with van der Waals surface area (Å²) in [7, 11) is 0. The number of nitrogens with zero attached hydrogens (tertiary/aromatic N) is 2. The van der Waals surface area contributed by atoms with Crippen molar-refractivity contribution in [2.45, 2.75) is 6.92 Å². The third kappa shape index (κ3) is 2.32. The van der Waals surface area contributed by atoms with Crippen molar-refractivity contribution in [1.29, 1.82) is 5.26 Å². The summed E-state index contributed by atoms with van der Waals surface area (Å²) in [5.41, 5.74) is 1.56. The van der Waals surface area contributed by atoms with Gasteiger partial charge in [-0.05, 0) is 25.1 Å². The van der Waals surface area contributed by atoms with Crippen LogP contribution in [-0.4, -0.2) is 10.9 Å². The Kier molecular flexibility index (Phi) is 2.88. The van der Waals surface area contributed by atoms with E-state index in [1.54, 1.807) is 31.2 Å². The molecular weight excluding hydrogens is 218 g/mol. The Morgan fingerprint density at radius 2 is 2.35 bits per heavy atom. The molecule has 1 N–H and O–H groups in total. The van der Waals surface area contributed by atoms with Crippen molar-refractivity contribution in [1.82, 2.24) is 4.98 Å². The average molecular weight is 227 g/mol. The maximum absolute atomic E-state index is 11.8. The van der Waals surface area contributed by atoms with E-state index in [0.29, 0.717) is 16.9 Å². The number of nitriles is 1. The molecule has 0 unspecified atom stereocenters. The van der Waals surface area contributed by atoms with Gasteiger partial charge in [-0.15, -0.1) is 0 Å². The topological polar surface area (TPSA) is 78.9 Å². The van der Waals surface area contributed by atoms with Crippen molar-refractivity contribution in [3.05, 3.63) is 47.7 Å². The fraction of sp³-hybridized carbons (Fsp3) is 0.0833. The number of hydrogen-bond acceptors (Lipinski definition) is 4. The number of rotatable bonds is 2. The minimum absolute atomic E-state index is 0.173. The van der Waals surface area contributed by atoms with Crippen molar-refractivity contribution in [2.75, 3.05) is 5.32 Å². The van der Waals surface area contributed by atoms with Crippen LogP contribution in [0.25, 0.3) is 0 Å². The minimum Gasteiger partial charge on any atom is -0.438 e. The average Bonchev–Trinajstić information content (AvgIpc) is 2.76. The minimum atomic E-state index is -0.380. The molecule has 0 aliphatic rings. The number of aryl methyl sites for hydroxylation is 1. The Hall–Kier alpha value is -2.61. The van der Waals surface area contributed by atoms with Crippen molar-refractivity contribution >= 4 is 11.6 Å². The molecule has 17 heavy (non-hydrogen) atoms. The Morgan fingerprint density at radius 3 is 3.00 bits per heavy atom. The smallest absolute Gasteiger partial charge is 0.293 e. The highest BCUT2D eigenvalue weighted by atomic mass is 16.3. The first-order valence-electron chi connectivity index (χ1n) is 4.92. The van der Waals surface area contributed by atoms with Gasteiger partial charge in [0, 0.05) is 5.69 Å². The van der Waals surface area contributed by atoms with Crippen LogP contribution in [0.5, 0.6) is 0 Å². The Bertz CT molecular complexity index is 596. The second-order valence-electron chi connectivity index (χ2n) is 3.41. The summed E-state index contributed by atoms with van der Waals surface area (Å²) >= 11 is 0. The predicted molar refractivity (Wildman–Crippen MR) is 60.4 cm³/mol. The maximum Gasteiger partial charge on any atom is 0.293 e. The van der Waals surface area contributed by atoms with Gasteiger partial charge in [0.15, 0.2) is 6.39 Å². The number of oxazole rings is 1. The van der Waals surface area contributed by atoms with Crippen molar-refractivity contribution in [3.63, 3.8) is 0 Å². The SMILES string of the molecule is Cc1ncoc1C(=O)Nc1cccc(C#N)c1. The zero-order valence-electron chi connectivity index (χ0n) is 9.10. The van der Waals surface area contributed by atoms with Crippen LogP contribution >= 0.6 is 0 Å². The number of nitrogens with one attached hydrogen (secondary N) is 1. The normalized spacial score (nSPS) is 9.65. The van der Waals surface area contributed by atoms with Crippen LogP contribution < -0.4 is 5.32 Å². The zero-order chi connectivity index (χ0) is 12.3. The summed E-state index contributed by atoms with van der Waals surface area (Å²) in [4.78, 5) is 15.6. The summed E-state index contributed by atoms with van der Waals surface area (Å²) in [6.07, 6.45) is 1.22. The van der Waals surface area contributed by atoms with Crippen LogP contribution in [-0.2, 0) is 0 Å². The highest BCUT2D eigenvalue weighted by Gasteiger charge is 2.13. The van der Waals surface area contributed by atoms with Gasteiger partial charge in [0.2, 0.25) is 5.76 Å². The van der Waals surface area contributed by atoms with E-state index in [1.807, 2.05) is 6.07 Å². The molecule has 5 nitrogen and oxygen atoms in total. The molecule has 0 fully saturated rings. The molecule has 0 atom stereocenters. The van der Waals surface area contributed by atoms with Gasteiger partial charge in [-0.2, -0.15) is 5.26 Å². The van der Waals surface area contributed by atoms with E-state index in [9.17, 15) is 4.79 Å². The van der Waals surface area contributed by atoms with Gasteiger partial charge < -0.3 is 9.73 Å². The number of carbonyl (C=O) groups is 1. The highest BCUT2D eigenvalue weighted by molar-refractivity contribution is 6.02. The maximum atomic E-state index is 11.8. The first-order valence-corrected chi connectivity index (χ1v) is 4.92. The van der Waals surface area contributed by atoms with Gasteiger partial charge in [-0.3, -0.25) is 4.79 Å². The first kappa shape index (κ1) is 10.9. The fourth-order valence-corrected chi connectivity index (χ4v) is 1.37. The molecule has 0 saturated carbocycles. The number of carbonyl (C=O) groups excluding carboxylic acids is 1. The second-order valence-corrected chi connectivity index (χ2v) is 3.41. The molecule has 1 aromatic carbocycles. The molecule has 0 aliphatic carbocycles. The lowest BCUT2D eigenvalue weighted by atomic mass is 10.2. The van der Waals surface area contributed by atoms with Crippen molar-refractivity contribution in [2.24, 2.45) is 0 Å². The number of hydrogen-bond donors (Lipinski definition) is 1. The predicted octanol–water partition coefficient (Wildman–Crippen LogP) is 2.11. The number of benzene rings is 1. The van der Waals surface area contributed by atoms with Crippen LogP contribution in [0, 0.1) is 18.3 Å². The number of aromatic nitrogens is 1. The molecule has 0 saturated heterocycles. The molecule has 0 radical (unpaired) electrons. The van der Waals surface area contributed by atoms with E-state index in [4.69, 9.17) is 9.68 Å². The summed E-state index contributed by atoms with van der Waals surface area (Å²) in [6, 6.07) is 8.64. The third-order valence-corrected chi connectivity index (χ3v) is 2.20. The lowest BCUT2D eigenvalue weighted by Crippen LogP contribution is -2.12. The summed E-state index contributed by atoms with van der Waals surface area (Å²) in [5.74, 6) is -0.206. The van der Waals surface area contributed by atoms with Gasteiger partial charge in [0.05, 0.1) is 17.3 Å². The molecule has 2 aromatic rings. The van der Waals surface area contributed by atoms with E-state index in [-0.39, 0.29) is 11.7 Å². The van der Waals surface area contributed by atoms with E-state index < -0.39 is 0 Å². The summed E-state index contributed by atoms with van der Waals surface area (Å²) < 4.78 is 4.97. The van der Waals surface area contributed by atoms with E-state index >= 15 is 0 Å². The second kappa shape index (κ2) is 4.49. The van der Waals surface area contributed by atoms with E-state index in [2.05, 4.69) is 10.3 Å². The molecular formula is C12H9N3O2. The lowest BCUT2D eigenvalue weighted by molar-refractivity contribution is 0.0996. The molecule has 5 heteroatoms. The highest BCUT2D eigenvalue weighted by Crippen LogP contribution is 2.13. The standard InChI is InChI=1S/C12H9N3O2/c1-8-11(17-7-14-8)12(16)15-10-4-2-3-9(5-10)6-13/h2-5,7H,1H3,(H,15,16). The van der Waals surface area contributed by atoms with Gasteiger partial charge >= 0.3 is 0 Å². The molecule has 1 aromatic heterocycles. The molecule has 1 heterocycles. The summed E-state index contributed by atoms with van der Waals surface area (Å²) in [6.45, 7) is 1.68. The lowest BCUT2D eigenvalue weighted by Gasteiger charge is -2.03. The number of amides is 1. The van der Waals surface area contributed by atoms with Gasteiger partial charge in [0.25, 0.3) is 5.91 Å². The Morgan fingerprint density at radius 1 is 1.53 bits per heavy atom. The van der Waals surface area contributed by atoms with E-state index in [1.165, 1.54) is 6.39 Å². The summed E-state index contributed by atoms with van der Waals surface area (Å²) in [5, 5.41) is 11.4. The molecule has 0 spiro atoms. The molecule has 2 rings (SSSR count). The molecule has 0 bridgehead atoms. The first-order chi connectivity index (χ1) is 8.20. The van der Waals surface area contributed by atoms with Gasteiger partial charge in [-0.25, -0.2) is 4.98 Å². The van der Waals surface area contributed by atoms with Gasteiger partial charge in [0.1, 0.15) is 0 Å². The third-order valence-electron chi connectivity index (χ3n) is 2.20. The Labute approximate surface area is 97.7 Å². The molecule has 1 amide bonds. The quantitative estimate of drug-likeness (QED) is 0.852. The molecule has 0 aliphatic heterocycles. The van der Waals surface area contributed by atoms with Crippen LogP contribution in [0.4, 0.5) is 5.69 Å². The van der Waals surface area contributed by atoms with Crippen molar-refractivity contribution in [3.8, 4) is 6.07 Å². The van der Waals surface area contributed by atoms with Crippen LogP contribution in [0.15, 0.2) is 35.1 Å².